The van der Waals surface area contributed by atoms with Crippen molar-refractivity contribution in [3.8, 4) is 0 Å². The summed E-state index contributed by atoms with van der Waals surface area (Å²) in [6.07, 6.45) is 60.4. The number of unbranched alkanes of at least 4 members (excludes halogenated alkanes) is 26. The topological polar surface area (TPSA) is 132 Å². The van der Waals surface area contributed by atoms with Gasteiger partial charge in [0.2, 0.25) is 0 Å². The monoisotopic (exact) mass is 923 g/mol. The first-order chi connectivity index (χ1) is 31.3. The molecule has 0 spiro atoms. The van der Waals surface area contributed by atoms with Crippen molar-refractivity contribution >= 4 is 13.8 Å². The molecule has 3 atom stereocenters. The van der Waals surface area contributed by atoms with E-state index in [9.17, 15) is 19.4 Å². The van der Waals surface area contributed by atoms with Gasteiger partial charge in [-0.15, -0.1) is 0 Å². The Bertz CT molecular complexity index is 1180. The largest absolute Gasteiger partial charge is 0.472 e. The van der Waals surface area contributed by atoms with Crippen LogP contribution in [0, 0.1) is 0 Å². The lowest BCUT2D eigenvalue weighted by molar-refractivity contribution is -0.154. The fourth-order valence-electron chi connectivity index (χ4n) is 7.27. The maximum atomic E-state index is 12.7. The molecule has 0 fully saturated rings. The average molecular weight is 923 g/mol. The molecule has 0 bridgehead atoms. The van der Waals surface area contributed by atoms with Gasteiger partial charge in [0.05, 0.1) is 26.4 Å². The van der Waals surface area contributed by atoms with Gasteiger partial charge >= 0.3 is 13.8 Å². The Kier molecular flexibility index (Phi) is 49.1. The zero-order valence-corrected chi connectivity index (χ0v) is 42.1. The van der Waals surface area contributed by atoms with Crippen molar-refractivity contribution in [1.29, 1.82) is 0 Å². The van der Waals surface area contributed by atoms with Crippen molar-refractivity contribution in [3.05, 3.63) is 60.8 Å². The van der Waals surface area contributed by atoms with Crippen LogP contribution in [0.3, 0.4) is 0 Å². The zero-order chi connectivity index (χ0) is 46.7. The van der Waals surface area contributed by atoms with Crippen LogP contribution >= 0.6 is 7.82 Å². The van der Waals surface area contributed by atoms with E-state index in [-0.39, 0.29) is 25.6 Å². The van der Waals surface area contributed by atoms with E-state index < -0.39 is 33.2 Å². The van der Waals surface area contributed by atoms with Gasteiger partial charge in [-0.2, -0.15) is 0 Å². The van der Waals surface area contributed by atoms with E-state index in [0.29, 0.717) is 6.61 Å². The highest BCUT2D eigenvalue weighted by Crippen LogP contribution is 2.43. The molecular formula is C54H99O9P. The van der Waals surface area contributed by atoms with Crippen LogP contribution in [-0.2, 0) is 27.9 Å². The van der Waals surface area contributed by atoms with E-state index in [4.69, 9.17) is 23.6 Å². The van der Waals surface area contributed by atoms with E-state index in [1.54, 1.807) is 0 Å². The maximum absolute atomic E-state index is 12.7. The van der Waals surface area contributed by atoms with Crippen molar-refractivity contribution in [2.45, 2.75) is 244 Å². The van der Waals surface area contributed by atoms with Crippen LogP contribution in [0.15, 0.2) is 60.8 Å². The molecule has 9 nitrogen and oxygen atoms in total. The van der Waals surface area contributed by atoms with Crippen molar-refractivity contribution in [3.63, 3.8) is 0 Å². The number of phosphoric ester groups is 1. The summed E-state index contributed by atoms with van der Waals surface area (Å²) in [5.41, 5.74) is 0. The molecule has 374 valence electrons. The summed E-state index contributed by atoms with van der Waals surface area (Å²) >= 11 is 0. The third-order valence-electron chi connectivity index (χ3n) is 11.2. The Hall–Kier alpha value is -1.84. The molecule has 3 N–H and O–H groups in total. The molecule has 0 aromatic rings. The average Bonchev–Trinajstić information content (AvgIpc) is 3.29. The molecule has 0 amide bonds. The molecule has 0 aromatic heterocycles. The number of carbonyl (C=O) groups is 1. The van der Waals surface area contributed by atoms with Crippen molar-refractivity contribution in [1.82, 2.24) is 0 Å². The normalized spacial score (nSPS) is 14.3. The zero-order valence-electron chi connectivity index (χ0n) is 41.2. The molecule has 0 saturated heterocycles. The van der Waals surface area contributed by atoms with Gasteiger partial charge < -0.3 is 24.6 Å². The number of phosphoric acid groups is 1. The highest BCUT2D eigenvalue weighted by atomic mass is 31.2. The Balaban J connectivity index is 4.07. The second-order valence-electron chi connectivity index (χ2n) is 17.5. The van der Waals surface area contributed by atoms with Gasteiger partial charge in [-0.05, 0) is 57.8 Å². The molecule has 0 aliphatic rings. The summed E-state index contributed by atoms with van der Waals surface area (Å²) in [7, 11) is -4.53. The molecule has 0 aromatic carbocycles. The van der Waals surface area contributed by atoms with E-state index in [1.165, 1.54) is 135 Å². The quantitative estimate of drug-likeness (QED) is 0.0236. The molecule has 0 radical (unpaired) electrons. The number of allylic oxidation sites excluding steroid dienone is 10. The van der Waals surface area contributed by atoms with Crippen LogP contribution in [0.1, 0.15) is 232 Å². The number of hydrogen-bond acceptors (Lipinski definition) is 8. The molecule has 0 rings (SSSR count). The lowest BCUT2D eigenvalue weighted by Crippen LogP contribution is -2.29. The first kappa shape index (κ1) is 62.2. The minimum atomic E-state index is -4.53. The third kappa shape index (κ3) is 49.6. The highest BCUT2D eigenvalue weighted by Gasteiger charge is 2.26. The van der Waals surface area contributed by atoms with Gasteiger partial charge in [0.1, 0.15) is 12.2 Å². The number of hydrogen-bond donors (Lipinski definition) is 3. The van der Waals surface area contributed by atoms with Crippen LogP contribution in [0.2, 0.25) is 0 Å². The predicted octanol–water partition coefficient (Wildman–Crippen LogP) is 15.5. The number of aliphatic hydroxyl groups is 2. The van der Waals surface area contributed by atoms with Gasteiger partial charge in [-0.25, -0.2) is 4.57 Å². The first-order valence-corrected chi connectivity index (χ1v) is 27.8. The third-order valence-corrected chi connectivity index (χ3v) is 12.2. The molecule has 0 aliphatic carbocycles. The van der Waals surface area contributed by atoms with Crippen molar-refractivity contribution in [2.75, 3.05) is 33.0 Å². The molecule has 10 heteroatoms. The van der Waals surface area contributed by atoms with Gasteiger partial charge in [-0.1, -0.05) is 229 Å². The number of aliphatic hydroxyl groups excluding tert-OH is 2. The molecule has 0 heterocycles. The summed E-state index contributed by atoms with van der Waals surface area (Å²) in [6, 6.07) is 0. The fraction of sp³-hybridized carbons (Fsp3) is 0.796. The summed E-state index contributed by atoms with van der Waals surface area (Å²) < 4.78 is 33.6. The standard InChI is InChI=1S/C54H99O9P/c1-3-5-7-9-11-13-15-17-19-21-23-24-25-26-27-29-31-33-35-37-39-41-43-45-47-60-50-53(51-62-64(58,59)61-49-52(56)48-55)63-54(57)46-44-42-40-38-36-34-32-30-28-22-20-18-16-14-12-10-8-6-4-2/h5,7,11,13,17,19,23-24,26-27,52-53,55-56H,3-4,6,8-10,12,14-16,18,20-22,25,28-51H2,1-2H3,(H,58,59)/b7-5-,13-11-,19-17-,24-23-,27-26-. The minimum Gasteiger partial charge on any atom is -0.457 e. The first-order valence-electron chi connectivity index (χ1n) is 26.3. The number of ether oxygens (including phenoxy) is 2. The van der Waals surface area contributed by atoms with Crippen LogP contribution in [0.4, 0.5) is 0 Å². The minimum absolute atomic E-state index is 0.0437. The molecular weight excluding hydrogens is 824 g/mol. The van der Waals surface area contributed by atoms with E-state index >= 15 is 0 Å². The highest BCUT2D eigenvalue weighted by molar-refractivity contribution is 7.47. The van der Waals surface area contributed by atoms with E-state index in [2.05, 4.69) is 74.6 Å². The molecule has 64 heavy (non-hydrogen) atoms. The van der Waals surface area contributed by atoms with E-state index in [1.807, 2.05) is 0 Å². The van der Waals surface area contributed by atoms with Crippen molar-refractivity contribution in [2.24, 2.45) is 0 Å². The SMILES string of the molecule is CC/C=C\C/C=C\C/C=C\C/C=C\C/C=C\CCCCCCCCCCOCC(COP(=O)(O)OCC(O)CO)OC(=O)CCCCCCCCCCCCCCCCCCCCC. The summed E-state index contributed by atoms with van der Waals surface area (Å²) in [6.45, 7) is 3.42. The lowest BCUT2D eigenvalue weighted by Gasteiger charge is -2.20. The Morgan fingerprint density at radius 1 is 0.500 bits per heavy atom. The van der Waals surface area contributed by atoms with Crippen LogP contribution in [0.5, 0.6) is 0 Å². The Morgan fingerprint density at radius 2 is 0.891 bits per heavy atom. The fourth-order valence-corrected chi connectivity index (χ4v) is 8.06. The summed E-state index contributed by atoms with van der Waals surface area (Å²) in [4.78, 5) is 22.7. The predicted molar refractivity (Wildman–Crippen MR) is 270 cm³/mol. The second kappa shape index (κ2) is 50.6. The smallest absolute Gasteiger partial charge is 0.457 e. The van der Waals surface area contributed by atoms with Crippen molar-refractivity contribution < 1.29 is 43.0 Å². The second-order valence-corrected chi connectivity index (χ2v) is 19.0. The van der Waals surface area contributed by atoms with Gasteiger partial charge in [0.25, 0.3) is 0 Å². The van der Waals surface area contributed by atoms with Crippen LogP contribution in [0.25, 0.3) is 0 Å². The molecule has 3 unspecified atom stereocenters. The Labute approximate surface area is 393 Å². The van der Waals surface area contributed by atoms with Gasteiger partial charge in [0.15, 0.2) is 0 Å². The molecule has 0 aliphatic heterocycles. The van der Waals surface area contributed by atoms with Gasteiger partial charge in [-0.3, -0.25) is 13.8 Å². The molecule has 0 saturated carbocycles. The Morgan fingerprint density at radius 3 is 1.34 bits per heavy atom. The number of rotatable bonds is 50. The van der Waals surface area contributed by atoms with Crippen LogP contribution in [-0.4, -0.2) is 66.3 Å². The maximum Gasteiger partial charge on any atom is 0.472 e. The van der Waals surface area contributed by atoms with Gasteiger partial charge in [0, 0.05) is 13.0 Å². The van der Waals surface area contributed by atoms with Crippen LogP contribution < -0.4 is 0 Å². The summed E-state index contributed by atoms with van der Waals surface area (Å²) in [5, 5.41) is 18.4. The number of esters is 1. The summed E-state index contributed by atoms with van der Waals surface area (Å²) in [5.74, 6) is -0.383. The van der Waals surface area contributed by atoms with E-state index in [0.717, 1.165) is 77.0 Å². The number of carbonyl (C=O) groups excluding carboxylic acids is 1. The lowest BCUT2D eigenvalue weighted by atomic mass is 10.0.